The molecule has 2 N–H and O–H groups in total. The zero-order valence-electron chi connectivity index (χ0n) is 4.85. The van der Waals surface area contributed by atoms with Crippen molar-refractivity contribution in [3.05, 3.63) is 0 Å². The molecule has 0 saturated carbocycles. The topological polar surface area (TPSA) is 66.4 Å². The van der Waals surface area contributed by atoms with Crippen molar-refractivity contribution in [2.75, 3.05) is 0 Å². The first-order valence-corrected chi connectivity index (χ1v) is 4.37. The van der Waals surface area contributed by atoms with Gasteiger partial charge in [-0.1, -0.05) is 0 Å². The van der Waals surface area contributed by atoms with Gasteiger partial charge in [-0.2, -0.15) is 0 Å². The third-order valence-electron chi connectivity index (χ3n) is 0.536. The van der Waals surface area contributed by atoms with Crippen LogP contribution < -0.4 is 25.2 Å². The summed E-state index contributed by atoms with van der Waals surface area (Å²) in [4.78, 5) is 20.7. The summed E-state index contributed by atoms with van der Waals surface area (Å²) in [5.41, 5.74) is 0. The normalized spacial score (nSPS) is 9.56. The van der Waals surface area contributed by atoms with Crippen molar-refractivity contribution in [1.29, 1.82) is 0 Å². The number of nitrogens with one attached hydrogen (secondary N) is 1. The van der Waals surface area contributed by atoms with Crippen molar-refractivity contribution < 1.29 is 36.3 Å². The molecule has 0 radical (unpaired) electrons. The number of ketones is 1. The van der Waals surface area contributed by atoms with Crippen LogP contribution >= 0.6 is 0 Å². The number of hydrogen-bond donors (Lipinski definition) is 2. The van der Waals surface area contributed by atoms with Gasteiger partial charge >= 0.3 is 62.9 Å². The van der Waals surface area contributed by atoms with Gasteiger partial charge in [0.2, 0.25) is 0 Å². The molecule has 5 heteroatoms. The Kier molecular flexibility index (Phi) is 4.83. The van der Waals surface area contributed by atoms with Crippen molar-refractivity contribution in [2.45, 2.75) is 13.3 Å². The van der Waals surface area contributed by atoms with Crippen LogP contribution in [0.2, 0.25) is 0 Å². The van der Waals surface area contributed by atoms with Gasteiger partial charge < -0.3 is 0 Å². The zero-order valence-corrected chi connectivity index (χ0v) is 7.01. The summed E-state index contributed by atoms with van der Waals surface area (Å²) in [6.45, 7) is 1.35. The number of halogens is 1. The molecule has 0 amide bonds. The van der Waals surface area contributed by atoms with Crippen LogP contribution in [0, 0.1) is 0 Å². The van der Waals surface area contributed by atoms with E-state index >= 15 is 0 Å². The predicted molar refractivity (Wildman–Crippen MR) is 25.2 cm³/mol. The number of Topliss-reactive ketones (excluding diaryl/α,β-unsaturated/α-hetero) is 1. The fourth-order valence-electron chi connectivity index (χ4n) is 0.276. The molecule has 0 spiro atoms. The molecule has 0 aliphatic heterocycles. The summed E-state index contributed by atoms with van der Waals surface area (Å²) in [6.07, 6.45) is -0.0547. The Labute approximate surface area is 63.2 Å². The Morgan fingerprint density at radius 1 is 1.67 bits per heavy atom. The van der Waals surface area contributed by atoms with Gasteiger partial charge in [-0.05, 0) is 0 Å². The zero-order chi connectivity index (χ0) is 7.28. The van der Waals surface area contributed by atoms with Crippen LogP contribution in [-0.2, 0) is 9.59 Å². The Bertz CT molecular complexity index is 125. The van der Waals surface area contributed by atoms with Gasteiger partial charge in [-0.15, -0.1) is 0 Å². The van der Waals surface area contributed by atoms with Gasteiger partial charge in [0, 0.05) is 0 Å². The Morgan fingerprint density at radius 2 is 2.22 bits per heavy atom. The van der Waals surface area contributed by atoms with Crippen molar-refractivity contribution in [2.24, 2.45) is 0 Å². The molecular formula is C4H7INO3-. The second kappa shape index (κ2) is 4.83. The van der Waals surface area contributed by atoms with E-state index < -0.39 is 21.5 Å². The minimum absolute atomic E-state index is 0.0547. The van der Waals surface area contributed by atoms with E-state index in [2.05, 4.69) is 0 Å². The Balaban J connectivity index is 3.39. The Morgan fingerprint density at radius 3 is 2.56 bits per heavy atom. The molecule has 0 aromatic heterocycles. The van der Waals surface area contributed by atoms with E-state index in [1.54, 1.807) is 3.69 Å². The first-order chi connectivity index (χ1) is 4.16. The molecule has 0 rings (SSSR count). The predicted octanol–water partition coefficient (Wildman–Crippen LogP) is -3.53. The van der Waals surface area contributed by atoms with E-state index in [1.807, 2.05) is 0 Å². The number of hydrogen-bond acceptors (Lipinski definition) is 4. The first-order valence-electron chi connectivity index (χ1n) is 2.22. The number of rotatable bonds is 4. The third kappa shape index (κ3) is 5.87. The molecule has 0 aliphatic rings. The van der Waals surface area contributed by atoms with Crippen LogP contribution in [0.4, 0.5) is 0 Å². The molecule has 0 saturated heterocycles. The summed E-state index contributed by atoms with van der Waals surface area (Å²) >= 11 is -1.02. The van der Waals surface area contributed by atoms with Gasteiger partial charge in [-0.3, -0.25) is 0 Å². The summed E-state index contributed by atoms with van der Waals surface area (Å²) < 4.78 is 1.59. The van der Waals surface area contributed by atoms with E-state index in [1.165, 1.54) is 6.92 Å². The average molecular weight is 244 g/mol. The molecule has 0 atom stereocenters. The molecule has 0 fully saturated rings. The maximum atomic E-state index is 10.5. The molecule has 54 valence electrons. The fourth-order valence-corrected chi connectivity index (χ4v) is 1.27. The van der Waals surface area contributed by atoms with Gasteiger partial charge in [-0.25, -0.2) is 0 Å². The summed E-state index contributed by atoms with van der Waals surface area (Å²) in [7, 11) is 0. The Hall–Kier alpha value is -0.0100. The van der Waals surface area contributed by atoms with Crippen molar-refractivity contribution in [1.82, 2.24) is 3.69 Å². The molecule has 9 heavy (non-hydrogen) atoms. The van der Waals surface area contributed by atoms with E-state index in [0.29, 0.717) is 0 Å². The van der Waals surface area contributed by atoms with Crippen molar-refractivity contribution in [3.63, 3.8) is 0 Å². The van der Waals surface area contributed by atoms with Crippen LogP contribution in [0.25, 0.3) is 0 Å². The third-order valence-corrected chi connectivity index (χ3v) is 1.76. The molecule has 0 unspecified atom stereocenters. The van der Waals surface area contributed by atoms with Crippen LogP contribution in [0.1, 0.15) is 13.3 Å². The van der Waals surface area contributed by atoms with Crippen LogP contribution in [0.15, 0.2) is 0 Å². The molecule has 0 aromatic carbocycles. The summed E-state index contributed by atoms with van der Waals surface area (Å²) in [5.74, 6) is -0.157. The van der Waals surface area contributed by atoms with Crippen molar-refractivity contribution in [3.8, 4) is 0 Å². The molecule has 0 heterocycles. The van der Waals surface area contributed by atoms with Gasteiger partial charge in [0.25, 0.3) is 0 Å². The molecule has 0 aliphatic carbocycles. The van der Waals surface area contributed by atoms with Crippen molar-refractivity contribution >= 4 is 9.57 Å². The first kappa shape index (κ1) is 8.99. The minimum atomic E-state index is -1.02. The van der Waals surface area contributed by atoms with Crippen LogP contribution in [-0.4, -0.2) is 14.8 Å². The standard InChI is InChI=1S/C4H7INO3/c1-3(7)2-4(8)5-6-9/h6,9H,2H2,1H3/q-1. The summed E-state index contributed by atoms with van der Waals surface area (Å²) in [5, 5.41) is 8.02. The van der Waals surface area contributed by atoms with E-state index in [9.17, 15) is 9.59 Å². The number of carbonyl (C=O) groups excluding carboxylic acids is 2. The van der Waals surface area contributed by atoms with E-state index in [4.69, 9.17) is 5.21 Å². The maximum absolute atomic E-state index is 10.5. The second-order valence-electron chi connectivity index (χ2n) is 1.41. The van der Waals surface area contributed by atoms with Crippen LogP contribution in [0.5, 0.6) is 0 Å². The average Bonchev–Trinajstić information content (AvgIpc) is 1.63. The monoisotopic (exact) mass is 244 g/mol. The molecule has 4 nitrogen and oxygen atoms in total. The van der Waals surface area contributed by atoms with Gasteiger partial charge in [0.1, 0.15) is 0 Å². The second-order valence-corrected chi connectivity index (χ2v) is 3.64. The van der Waals surface area contributed by atoms with Gasteiger partial charge in [0.05, 0.1) is 0 Å². The van der Waals surface area contributed by atoms with E-state index in [0.717, 1.165) is 0 Å². The molecule has 0 bridgehead atoms. The fraction of sp³-hybridized carbons (Fsp3) is 0.500. The van der Waals surface area contributed by atoms with Crippen LogP contribution in [0.3, 0.4) is 0 Å². The quantitative estimate of drug-likeness (QED) is 0.177. The summed E-state index contributed by atoms with van der Waals surface area (Å²) in [6, 6.07) is 0. The van der Waals surface area contributed by atoms with Gasteiger partial charge in [0.15, 0.2) is 0 Å². The molecule has 0 aromatic rings. The van der Waals surface area contributed by atoms with E-state index in [-0.39, 0.29) is 16.0 Å². The molecular weight excluding hydrogens is 237 g/mol. The number of carbonyl (C=O) groups is 2. The SMILES string of the molecule is CC(=O)CC(=O)[I-]NO.